The Morgan fingerprint density at radius 3 is 2.52 bits per heavy atom. The van der Waals surface area contributed by atoms with Gasteiger partial charge >= 0.3 is 0 Å². The van der Waals surface area contributed by atoms with Gasteiger partial charge in [-0.3, -0.25) is 19.7 Å². The average molecular weight is 439 g/mol. The van der Waals surface area contributed by atoms with Gasteiger partial charge in [0.2, 0.25) is 0 Å². The number of nitro groups is 1. The van der Waals surface area contributed by atoms with E-state index in [9.17, 15) is 24.8 Å². The van der Waals surface area contributed by atoms with Crippen molar-refractivity contribution in [2.45, 2.75) is 12.6 Å². The van der Waals surface area contributed by atoms with E-state index in [2.05, 4.69) is 0 Å². The van der Waals surface area contributed by atoms with Gasteiger partial charge in [-0.15, -0.1) is 0 Å². The van der Waals surface area contributed by atoms with Crippen LogP contribution in [0.15, 0.2) is 76.9 Å². The molecule has 1 N–H and O–H groups in total. The normalized spacial score (nSPS) is 17.8. The number of nitro benzene ring substituents is 1. The van der Waals surface area contributed by atoms with Crippen molar-refractivity contribution in [1.29, 1.82) is 0 Å². The number of likely N-dealkylation sites (tertiary alicyclic amines) is 1. The third kappa shape index (κ3) is 3.80. The van der Waals surface area contributed by atoms with E-state index in [1.54, 1.807) is 18.2 Å². The summed E-state index contributed by atoms with van der Waals surface area (Å²) in [5.74, 6) is -1.71. The smallest absolute Gasteiger partial charge is 0.296 e. The van der Waals surface area contributed by atoms with Crippen molar-refractivity contribution in [3.63, 3.8) is 0 Å². The third-order valence-corrected chi connectivity index (χ3v) is 5.21. The van der Waals surface area contributed by atoms with Crippen LogP contribution in [0.5, 0.6) is 0 Å². The number of benzene rings is 2. The summed E-state index contributed by atoms with van der Waals surface area (Å²) in [6.07, 6.45) is 1.43. The lowest BCUT2D eigenvalue weighted by molar-refractivity contribution is -0.384. The molecule has 1 aliphatic heterocycles. The van der Waals surface area contributed by atoms with Crippen molar-refractivity contribution in [3.05, 3.63) is 105 Å². The van der Waals surface area contributed by atoms with Crippen LogP contribution in [-0.4, -0.2) is 26.6 Å². The first-order chi connectivity index (χ1) is 14.9. The molecule has 1 amide bonds. The third-order valence-electron chi connectivity index (χ3n) is 4.96. The minimum atomic E-state index is -1.04. The number of amides is 1. The molecule has 2 aromatic carbocycles. The highest BCUT2D eigenvalue weighted by atomic mass is 35.5. The van der Waals surface area contributed by atoms with Gasteiger partial charge in [-0.2, -0.15) is 0 Å². The zero-order chi connectivity index (χ0) is 22.1. The van der Waals surface area contributed by atoms with Crippen LogP contribution in [0, 0.1) is 10.1 Å². The Labute approximate surface area is 181 Å². The fourth-order valence-corrected chi connectivity index (χ4v) is 3.66. The largest absolute Gasteiger partial charge is 0.507 e. The van der Waals surface area contributed by atoms with Gasteiger partial charge in [0.25, 0.3) is 17.4 Å². The molecular formula is C22H15ClN2O6. The van der Waals surface area contributed by atoms with Crippen LogP contribution >= 0.6 is 11.6 Å². The number of halogens is 1. The van der Waals surface area contributed by atoms with Crippen LogP contribution in [0.1, 0.15) is 22.9 Å². The fraction of sp³-hybridized carbons (Fsp3) is 0.0909. The number of aliphatic hydroxyl groups excluding tert-OH is 1. The van der Waals surface area contributed by atoms with Crippen LogP contribution in [0.3, 0.4) is 0 Å². The number of rotatable bonds is 5. The Hall–Kier alpha value is -3.91. The molecule has 0 aliphatic carbocycles. The molecule has 1 saturated heterocycles. The summed E-state index contributed by atoms with van der Waals surface area (Å²) < 4.78 is 5.31. The second-order valence-electron chi connectivity index (χ2n) is 6.87. The number of aliphatic hydroxyl groups is 1. The summed E-state index contributed by atoms with van der Waals surface area (Å²) in [5.41, 5.74) is 0.234. The van der Waals surface area contributed by atoms with Crippen LogP contribution < -0.4 is 0 Å². The maximum Gasteiger partial charge on any atom is 0.296 e. The Morgan fingerprint density at radius 2 is 1.87 bits per heavy atom. The summed E-state index contributed by atoms with van der Waals surface area (Å²) in [5, 5.41) is 22.6. The topological polar surface area (TPSA) is 114 Å². The molecule has 1 fully saturated rings. The zero-order valence-electron chi connectivity index (χ0n) is 15.9. The minimum Gasteiger partial charge on any atom is -0.507 e. The number of carbonyl (C=O) groups is 2. The molecule has 0 saturated carbocycles. The van der Waals surface area contributed by atoms with Crippen molar-refractivity contribution in [1.82, 2.24) is 4.90 Å². The monoisotopic (exact) mass is 438 g/mol. The second kappa shape index (κ2) is 8.08. The molecule has 4 rings (SSSR count). The molecule has 3 aromatic rings. The van der Waals surface area contributed by atoms with E-state index in [4.69, 9.17) is 16.0 Å². The Kier molecular flexibility index (Phi) is 5.31. The SMILES string of the molecule is O=C1C(=O)N(Cc2ccco2)C(c2cccc([N+](=O)[O-])c2)/C1=C(\O)c1ccc(Cl)cc1. The molecule has 1 aliphatic rings. The van der Waals surface area contributed by atoms with Crippen molar-refractivity contribution in [2.24, 2.45) is 0 Å². The highest BCUT2D eigenvalue weighted by molar-refractivity contribution is 6.46. The van der Waals surface area contributed by atoms with Crippen LogP contribution in [-0.2, 0) is 16.1 Å². The fourth-order valence-electron chi connectivity index (χ4n) is 3.53. The van der Waals surface area contributed by atoms with E-state index in [0.29, 0.717) is 16.3 Å². The highest BCUT2D eigenvalue weighted by Crippen LogP contribution is 2.41. The van der Waals surface area contributed by atoms with Gasteiger partial charge in [0.15, 0.2) is 0 Å². The van der Waals surface area contributed by atoms with Gasteiger partial charge in [-0.25, -0.2) is 0 Å². The first-order valence-electron chi connectivity index (χ1n) is 9.18. The number of hydrogen-bond donors (Lipinski definition) is 1. The molecule has 1 aromatic heterocycles. The van der Waals surface area contributed by atoms with Gasteiger partial charge in [-0.1, -0.05) is 23.7 Å². The molecule has 8 nitrogen and oxygen atoms in total. The van der Waals surface area contributed by atoms with Crippen molar-refractivity contribution in [3.8, 4) is 0 Å². The average Bonchev–Trinajstić information content (AvgIpc) is 3.36. The number of hydrogen-bond acceptors (Lipinski definition) is 6. The van der Waals surface area contributed by atoms with Crippen LogP contribution in [0.2, 0.25) is 5.02 Å². The Balaban J connectivity index is 1.89. The molecule has 156 valence electrons. The molecule has 31 heavy (non-hydrogen) atoms. The summed E-state index contributed by atoms with van der Waals surface area (Å²) in [6.45, 7) is -0.0532. The summed E-state index contributed by atoms with van der Waals surface area (Å²) in [4.78, 5) is 37.7. The van der Waals surface area contributed by atoms with Gasteiger partial charge in [0.05, 0.1) is 29.3 Å². The Morgan fingerprint density at radius 1 is 1.13 bits per heavy atom. The van der Waals surface area contributed by atoms with Crippen LogP contribution in [0.4, 0.5) is 5.69 Å². The van der Waals surface area contributed by atoms with E-state index >= 15 is 0 Å². The van der Waals surface area contributed by atoms with Gasteiger partial charge in [0.1, 0.15) is 11.5 Å². The highest BCUT2D eigenvalue weighted by Gasteiger charge is 2.46. The second-order valence-corrected chi connectivity index (χ2v) is 7.30. The first kappa shape index (κ1) is 20.4. The molecule has 9 heteroatoms. The molecule has 1 unspecified atom stereocenters. The lowest BCUT2D eigenvalue weighted by Crippen LogP contribution is -2.29. The predicted octanol–water partition coefficient (Wildman–Crippen LogP) is 4.46. The number of nitrogens with zero attached hydrogens (tertiary/aromatic N) is 2. The maximum atomic E-state index is 12.9. The molecule has 0 radical (unpaired) electrons. The van der Waals surface area contributed by atoms with E-state index in [-0.39, 0.29) is 23.4 Å². The first-order valence-corrected chi connectivity index (χ1v) is 9.55. The lowest BCUT2D eigenvalue weighted by atomic mass is 9.95. The van der Waals surface area contributed by atoms with Crippen LogP contribution in [0.25, 0.3) is 5.76 Å². The quantitative estimate of drug-likeness (QED) is 0.207. The lowest BCUT2D eigenvalue weighted by Gasteiger charge is -2.24. The summed E-state index contributed by atoms with van der Waals surface area (Å²) in [7, 11) is 0. The Bertz CT molecular complexity index is 1200. The van der Waals surface area contributed by atoms with Gasteiger partial charge in [-0.05, 0) is 42.0 Å². The number of furan rings is 1. The van der Waals surface area contributed by atoms with Gasteiger partial charge < -0.3 is 14.4 Å². The van der Waals surface area contributed by atoms with E-state index in [0.717, 1.165) is 0 Å². The molecule has 0 spiro atoms. The molecular weight excluding hydrogens is 424 g/mol. The maximum absolute atomic E-state index is 12.9. The zero-order valence-corrected chi connectivity index (χ0v) is 16.7. The predicted molar refractivity (Wildman–Crippen MR) is 111 cm³/mol. The van der Waals surface area contributed by atoms with Crippen molar-refractivity contribution in [2.75, 3.05) is 0 Å². The number of ketones is 1. The minimum absolute atomic E-state index is 0.0532. The summed E-state index contributed by atoms with van der Waals surface area (Å²) in [6, 6.07) is 14.0. The van der Waals surface area contributed by atoms with E-state index in [1.807, 2.05) is 0 Å². The number of Topliss-reactive ketones (excluding diaryl/α,β-unsaturated/α-hetero) is 1. The van der Waals surface area contributed by atoms with Crippen molar-refractivity contribution < 1.29 is 24.0 Å². The van der Waals surface area contributed by atoms with Crippen molar-refractivity contribution >= 4 is 34.7 Å². The molecule has 2 heterocycles. The number of carbonyl (C=O) groups excluding carboxylic acids is 2. The summed E-state index contributed by atoms with van der Waals surface area (Å²) >= 11 is 5.90. The van der Waals surface area contributed by atoms with E-state index < -0.39 is 28.4 Å². The standard InChI is InChI=1S/C22H15ClN2O6/c23-15-8-6-13(7-9-15)20(26)18-19(14-3-1-4-16(11-14)25(29)30)24(22(28)21(18)27)12-17-5-2-10-31-17/h1-11,19,26H,12H2/b20-18+. The van der Waals surface area contributed by atoms with E-state index in [1.165, 1.54) is 53.6 Å². The van der Waals surface area contributed by atoms with Gasteiger partial charge in [0, 0.05) is 22.7 Å². The molecule has 0 bridgehead atoms. The molecule has 1 atom stereocenters. The number of non-ortho nitro benzene ring substituents is 1.